The first-order valence-corrected chi connectivity index (χ1v) is 5.04. The summed E-state index contributed by atoms with van der Waals surface area (Å²) in [6, 6.07) is 6.40. The Balaban J connectivity index is 2.22. The first kappa shape index (κ1) is 13.3. The maximum Gasteiger partial charge on any atom is 0.281 e. The van der Waals surface area contributed by atoms with Crippen LogP contribution < -0.4 is 10.2 Å². The summed E-state index contributed by atoms with van der Waals surface area (Å²) in [5.74, 6) is -0.204. The number of aromatic hydroxyl groups is 1. The molecule has 0 aliphatic heterocycles. The first-order chi connectivity index (χ1) is 8.24. The lowest BCUT2D eigenvalue weighted by atomic mass is 10.3. The van der Waals surface area contributed by atoms with E-state index in [-0.39, 0.29) is 24.7 Å². The summed E-state index contributed by atoms with van der Waals surface area (Å²) in [4.78, 5) is 16.0. The number of carbonyl (C=O) groups is 1. The molecule has 0 radical (unpaired) electrons. The number of hydrogen-bond donors (Lipinski definition) is 2. The number of hydroxylamine groups is 1. The van der Waals surface area contributed by atoms with E-state index in [4.69, 9.17) is 14.3 Å². The van der Waals surface area contributed by atoms with Crippen LogP contribution in [0.4, 0.5) is 0 Å². The average Bonchev–Trinajstić information content (AvgIpc) is 2.34. The van der Waals surface area contributed by atoms with Crippen molar-refractivity contribution in [2.75, 3.05) is 26.9 Å². The van der Waals surface area contributed by atoms with Crippen LogP contribution in [0.25, 0.3) is 0 Å². The topological polar surface area (TPSA) is 77.0 Å². The molecule has 0 bridgehead atoms. The molecule has 0 aliphatic carbocycles. The molecule has 1 rings (SSSR count). The second-order valence-corrected chi connectivity index (χ2v) is 3.12. The molecule has 2 N–H and O–H groups in total. The summed E-state index contributed by atoms with van der Waals surface area (Å²) in [6.07, 6.45) is 0. The normalized spacial score (nSPS) is 9.94. The SMILES string of the molecule is COCCONC(=O)COc1ccccc1O. The summed E-state index contributed by atoms with van der Waals surface area (Å²) in [6.45, 7) is 0.421. The number of methoxy groups -OCH3 is 1. The molecule has 1 amide bonds. The number of phenols is 1. The van der Waals surface area contributed by atoms with Gasteiger partial charge < -0.3 is 14.6 Å². The second kappa shape index (κ2) is 7.48. The van der Waals surface area contributed by atoms with E-state index < -0.39 is 5.91 Å². The highest BCUT2D eigenvalue weighted by Crippen LogP contribution is 2.23. The Labute approximate surface area is 99.1 Å². The zero-order chi connectivity index (χ0) is 12.5. The zero-order valence-corrected chi connectivity index (χ0v) is 9.51. The minimum atomic E-state index is -0.440. The monoisotopic (exact) mass is 241 g/mol. The number of hydrogen-bond acceptors (Lipinski definition) is 5. The molecule has 0 atom stereocenters. The van der Waals surface area contributed by atoms with Crippen LogP contribution in [0.15, 0.2) is 24.3 Å². The molecule has 94 valence electrons. The smallest absolute Gasteiger partial charge is 0.281 e. The van der Waals surface area contributed by atoms with Gasteiger partial charge in [0.1, 0.15) is 0 Å². The van der Waals surface area contributed by atoms with Crippen LogP contribution in [0.1, 0.15) is 0 Å². The van der Waals surface area contributed by atoms with Crippen LogP contribution in [0.3, 0.4) is 0 Å². The Morgan fingerprint density at radius 3 is 2.82 bits per heavy atom. The van der Waals surface area contributed by atoms with Crippen LogP contribution in [-0.2, 0) is 14.4 Å². The van der Waals surface area contributed by atoms with Gasteiger partial charge in [-0.05, 0) is 12.1 Å². The minimum Gasteiger partial charge on any atom is -0.504 e. The Kier molecular flexibility index (Phi) is 5.84. The fraction of sp³-hybridized carbons (Fsp3) is 0.364. The van der Waals surface area contributed by atoms with E-state index in [0.29, 0.717) is 6.61 Å². The summed E-state index contributed by atoms with van der Waals surface area (Å²) in [5.41, 5.74) is 2.18. The van der Waals surface area contributed by atoms with E-state index >= 15 is 0 Å². The minimum absolute atomic E-state index is 0.0133. The number of ether oxygens (including phenoxy) is 2. The molecular formula is C11H15NO5. The third-order valence-corrected chi connectivity index (χ3v) is 1.80. The average molecular weight is 241 g/mol. The lowest BCUT2D eigenvalue weighted by Gasteiger charge is -2.08. The van der Waals surface area contributed by atoms with Crippen LogP contribution in [0.2, 0.25) is 0 Å². The van der Waals surface area contributed by atoms with Crippen molar-refractivity contribution < 1.29 is 24.2 Å². The summed E-state index contributed by atoms with van der Waals surface area (Å²) in [7, 11) is 1.53. The van der Waals surface area contributed by atoms with Gasteiger partial charge in [0.2, 0.25) is 0 Å². The Morgan fingerprint density at radius 1 is 1.35 bits per heavy atom. The molecule has 1 aromatic rings. The number of benzene rings is 1. The van der Waals surface area contributed by atoms with Crippen molar-refractivity contribution in [2.45, 2.75) is 0 Å². The molecule has 0 saturated heterocycles. The first-order valence-electron chi connectivity index (χ1n) is 5.04. The molecule has 0 spiro atoms. The standard InChI is InChI=1S/C11H15NO5/c1-15-6-7-17-12-11(14)8-16-10-5-3-2-4-9(10)13/h2-5,13H,6-8H2,1H3,(H,12,14). The largest absolute Gasteiger partial charge is 0.504 e. The van der Waals surface area contributed by atoms with Gasteiger partial charge in [-0.15, -0.1) is 0 Å². The van der Waals surface area contributed by atoms with Gasteiger partial charge in [0.05, 0.1) is 13.2 Å². The molecule has 6 nitrogen and oxygen atoms in total. The fourth-order valence-corrected chi connectivity index (χ4v) is 1.01. The second-order valence-electron chi connectivity index (χ2n) is 3.12. The van der Waals surface area contributed by atoms with E-state index in [9.17, 15) is 9.90 Å². The van der Waals surface area contributed by atoms with Crippen LogP contribution in [-0.4, -0.2) is 37.9 Å². The highest BCUT2D eigenvalue weighted by atomic mass is 16.7. The Morgan fingerprint density at radius 2 is 2.12 bits per heavy atom. The van der Waals surface area contributed by atoms with E-state index in [0.717, 1.165) is 0 Å². The molecule has 0 aliphatic rings. The molecule has 0 heterocycles. The Hall–Kier alpha value is -1.79. The zero-order valence-electron chi connectivity index (χ0n) is 9.51. The van der Waals surface area contributed by atoms with Crippen LogP contribution >= 0.6 is 0 Å². The van der Waals surface area contributed by atoms with Gasteiger partial charge in [-0.25, -0.2) is 5.48 Å². The summed E-state index contributed by atoms with van der Waals surface area (Å²) < 4.78 is 9.81. The van der Waals surface area contributed by atoms with Crippen molar-refractivity contribution >= 4 is 5.91 Å². The van der Waals surface area contributed by atoms with Gasteiger partial charge >= 0.3 is 0 Å². The predicted octanol–water partition coefficient (Wildman–Crippen LogP) is 0.465. The van der Waals surface area contributed by atoms with Gasteiger partial charge in [-0.1, -0.05) is 12.1 Å². The maximum atomic E-state index is 11.2. The number of nitrogens with one attached hydrogen (secondary N) is 1. The molecule has 0 aromatic heterocycles. The predicted molar refractivity (Wildman–Crippen MR) is 59.6 cm³/mol. The third kappa shape index (κ3) is 5.19. The lowest BCUT2D eigenvalue weighted by molar-refractivity contribution is -0.136. The fourth-order valence-electron chi connectivity index (χ4n) is 1.01. The molecular weight excluding hydrogens is 226 g/mol. The van der Waals surface area contributed by atoms with Gasteiger partial charge in [-0.2, -0.15) is 0 Å². The molecule has 0 fully saturated rings. The van der Waals surface area contributed by atoms with Gasteiger partial charge in [0.25, 0.3) is 5.91 Å². The molecule has 17 heavy (non-hydrogen) atoms. The highest BCUT2D eigenvalue weighted by Gasteiger charge is 2.05. The van der Waals surface area contributed by atoms with E-state index in [1.807, 2.05) is 0 Å². The van der Waals surface area contributed by atoms with E-state index in [1.165, 1.54) is 13.2 Å². The summed E-state index contributed by atoms with van der Waals surface area (Å²) >= 11 is 0. The van der Waals surface area contributed by atoms with E-state index in [2.05, 4.69) is 5.48 Å². The molecule has 6 heteroatoms. The van der Waals surface area contributed by atoms with Gasteiger partial charge in [-0.3, -0.25) is 9.63 Å². The van der Waals surface area contributed by atoms with Crippen molar-refractivity contribution in [2.24, 2.45) is 0 Å². The van der Waals surface area contributed by atoms with Crippen molar-refractivity contribution in [1.29, 1.82) is 0 Å². The van der Waals surface area contributed by atoms with Crippen molar-refractivity contribution in [1.82, 2.24) is 5.48 Å². The van der Waals surface area contributed by atoms with Crippen molar-refractivity contribution in [3.8, 4) is 11.5 Å². The van der Waals surface area contributed by atoms with Crippen LogP contribution in [0.5, 0.6) is 11.5 Å². The summed E-state index contributed by atoms with van der Waals surface area (Å²) in [5, 5.41) is 9.36. The molecule has 0 unspecified atom stereocenters. The molecule has 1 aromatic carbocycles. The highest BCUT2D eigenvalue weighted by molar-refractivity contribution is 5.76. The lowest BCUT2D eigenvalue weighted by Crippen LogP contribution is -2.30. The third-order valence-electron chi connectivity index (χ3n) is 1.80. The number of phenolic OH excluding ortho intramolecular Hbond substituents is 1. The molecule has 0 saturated carbocycles. The number of rotatable bonds is 7. The van der Waals surface area contributed by atoms with Gasteiger partial charge in [0.15, 0.2) is 18.1 Å². The maximum absolute atomic E-state index is 11.2. The van der Waals surface area contributed by atoms with Crippen molar-refractivity contribution in [3.63, 3.8) is 0 Å². The van der Waals surface area contributed by atoms with Crippen molar-refractivity contribution in [3.05, 3.63) is 24.3 Å². The van der Waals surface area contributed by atoms with Crippen LogP contribution in [0, 0.1) is 0 Å². The number of amides is 1. The number of para-hydroxylation sites is 2. The Bertz CT molecular complexity index is 355. The van der Waals surface area contributed by atoms with E-state index in [1.54, 1.807) is 18.2 Å². The quantitative estimate of drug-likeness (QED) is 0.536. The van der Waals surface area contributed by atoms with Gasteiger partial charge in [0, 0.05) is 7.11 Å². The number of carbonyl (C=O) groups excluding carboxylic acids is 1.